The largest absolute Gasteiger partial charge is 0.352 e. The molecule has 0 fully saturated rings. The van der Waals surface area contributed by atoms with E-state index in [1.807, 2.05) is 56.3 Å². The Morgan fingerprint density at radius 2 is 1.70 bits per heavy atom. The average Bonchev–Trinajstić information content (AvgIpc) is 2.66. The minimum Gasteiger partial charge on any atom is -0.352 e. The van der Waals surface area contributed by atoms with Crippen molar-refractivity contribution in [3.8, 4) is 0 Å². The summed E-state index contributed by atoms with van der Waals surface area (Å²) in [7, 11) is 0. The molecule has 0 aliphatic rings. The van der Waals surface area contributed by atoms with E-state index in [9.17, 15) is 9.59 Å². The Morgan fingerprint density at radius 1 is 1.04 bits per heavy atom. The molecule has 5 heteroatoms. The van der Waals surface area contributed by atoms with E-state index in [1.165, 1.54) is 0 Å². The van der Waals surface area contributed by atoms with Crippen molar-refractivity contribution >= 4 is 23.4 Å². The van der Waals surface area contributed by atoms with Crippen LogP contribution in [0.5, 0.6) is 0 Å². The molecule has 0 aliphatic heterocycles. The van der Waals surface area contributed by atoms with Crippen LogP contribution in [0.25, 0.3) is 0 Å². The summed E-state index contributed by atoms with van der Waals surface area (Å²) in [4.78, 5) is 27.3. The molecule has 0 heterocycles. The first-order valence-electron chi connectivity index (χ1n) is 9.29. The maximum Gasteiger partial charge on any atom is 0.242 e. The van der Waals surface area contributed by atoms with E-state index >= 15 is 0 Å². The van der Waals surface area contributed by atoms with Gasteiger partial charge >= 0.3 is 0 Å². The van der Waals surface area contributed by atoms with Gasteiger partial charge in [0.15, 0.2) is 0 Å². The number of nitrogens with one attached hydrogen (secondary N) is 1. The fourth-order valence-corrected chi connectivity index (χ4v) is 2.96. The van der Waals surface area contributed by atoms with E-state index in [2.05, 4.69) is 5.32 Å². The first-order chi connectivity index (χ1) is 12.9. The van der Waals surface area contributed by atoms with Crippen LogP contribution in [0.2, 0.25) is 5.02 Å². The SMILES string of the molecule is CC[C@H](C)NC(=O)[C@H](C)N(Cc1ccccc1)C(=O)Cc1cccc(Cl)c1. The average molecular weight is 387 g/mol. The monoisotopic (exact) mass is 386 g/mol. The second-order valence-electron chi connectivity index (χ2n) is 6.81. The maximum atomic E-state index is 13.0. The molecule has 0 unspecified atom stereocenters. The van der Waals surface area contributed by atoms with Crippen LogP contribution in [0.1, 0.15) is 38.3 Å². The number of amides is 2. The van der Waals surface area contributed by atoms with Gasteiger partial charge < -0.3 is 10.2 Å². The van der Waals surface area contributed by atoms with Crippen molar-refractivity contribution in [2.45, 2.75) is 52.2 Å². The van der Waals surface area contributed by atoms with Crippen molar-refractivity contribution in [1.29, 1.82) is 0 Å². The molecule has 2 aromatic carbocycles. The highest BCUT2D eigenvalue weighted by Gasteiger charge is 2.26. The van der Waals surface area contributed by atoms with Gasteiger partial charge in [-0.3, -0.25) is 9.59 Å². The van der Waals surface area contributed by atoms with Crippen molar-refractivity contribution < 1.29 is 9.59 Å². The van der Waals surface area contributed by atoms with Gasteiger partial charge in [-0.15, -0.1) is 0 Å². The number of rotatable bonds is 8. The molecule has 1 N–H and O–H groups in total. The number of hydrogen-bond acceptors (Lipinski definition) is 2. The third kappa shape index (κ3) is 6.40. The minimum atomic E-state index is -0.564. The molecule has 2 aromatic rings. The summed E-state index contributed by atoms with van der Waals surface area (Å²) in [6.45, 7) is 6.13. The topological polar surface area (TPSA) is 49.4 Å². The molecule has 144 valence electrons. The summed E-state index contributed by atoms with van der Waals surface area (Å²) in [5, 5.41) is 3.56. The van der Waals surface area contributed by atoms with Gasteiger partial charge in [-0.1, -0.05) is 61.0 Å². The van der Waals surface area contributed by atoms with Gasteiger partial charge in [0.1, 0.15) is 6.04 Å². The van der Waals surface area contributed by atoms with Crippen LogP contribution >= 0.6 is 11.6 Å². The normalized spacial score (nSPS) is 12.9. The lowest BCUT2D eigenvalue weighted by atomic mass is 10.1. The zero-order valence-electron chi connectivity index (χ0n) is 16.1. The summed E-state index contributed by atoms with van der Waals surface area (Å²) in [6.07, 6.45) is 1.04. The number of carbonyl (C=O) groups is 2. The highest BCUT2D eigenvalue weighted by molar-refractivity contribution is 6.30. The summed E-state index contributed by atoms with van der Waals surface area (Å²) >= 11 is 6.03. The molecule has 0 aliphatic carbocycles. The standard InChI is InChI=1S/C22H27ClN2O2/c1-4-16(2)24-22(27)17(3)25(15-18-9-6-5-7-10-18)21(26)14-19-11-8-12-20(23)13-19/h5-13,16-17H,4,14-15H2,1-3H3,(H,24,27)/t16-,17-/m0/s1. The molecule has 2 amide bonds. The Kier molecular flexibility index (Phi) is 7.86. The van der Waals surface area contributed by atoms with Crippen molar-refractivity contribution in [3.05, 3.63) is 70.7 Å². The molecule has 0 bridgehead atoms. The van der Waals surface area contributed by atoms with Crippen molar-refractivity contribution in [1.82, 2.24) is 10.2 Å². The fraction of sp³-hybridized carbons (Fsp3) is 0.364. The summed E-state index contributed by atoms with van der Waals surface area (Å²) in [6, 6.07) is 16.5. The van der Waals surface area contributed by atoms with E-state index in [-0.39, 0.29) is 24.3 Å². The second kappa shape index (κ2) is 10.1. The number of halogens is 1. The fourth-order valence-electron chi connectivity index (χ4n) is 2.75. The van der Waals surface area contributed by atoms with Crippen LogP contribution in [0.4, 0.5) is 0 Å². The Hall–Kier alpha value is -2.33. The van der Waals surface area contributed by atoms with Crippen LogP contribution in [0.3, 0.4) is 0 Å². The molecule has 4 nitrogen and oxygen atoms in total. The molecule has 0 spiro atoms. The first-order valence-corrected chi connectivity index (χ1v) is 9.66. The predicted molar refractivity (Wildman–Crippen MR) is 110 cm³/mol. The van der Waals surface area contributed by atoms with E-state index in [0.717, 1.165) is 17.5 Å². The Morgan fingerprint density at radius 3 is 2.33 bits per heavy atom. The molecule has 2 atom stereocenters. The van der Waals surface area contributed by atoms with Gasteiger partial charge in [0, 0.05) is 17.6 Å². The highest BCUT2D eigenvalue weighted by Crippen LogP contribution is 2.15. The Bertz CT molecular complexity index is 764. The maximum absolute atomic E-state index is 13.0. The van der Waals surface area contributed by atoms with Crippen LogP contribution in [0.15, 0.2) is 54.6 Å². The number of benzene rings is 2. The molecular weight excluding hydrogens is 360 g/mol. The summed E-state index contributed by atoms with van der Waals surface area (Å²) in [5.74, 6) is -0.243. The van der Waals surface area contributed by atoms with Crippen LogP contribution < -0.4 is 5.32 Å². The molecular formula is C22H27ClN2O2. The predicted octanol–water partition coefficient (Wildman–Crippen LogP) is 4.21. The number of hydrogen-bond donors (Lipinski definition) is 1. The van der Waals surface area contributed by atoms with Gasteiger partial charge in [-0.25, -0.2) is 0 Å². The smallest absolute Gasteiger partial charge is 0.242 e. The van der Waals surface area contributed by atoms with E-state index in [4.69, 9.17) is 11.6 Å². The van der Waals surface area contributed by atoms with Gasteiger partial charge in [-0.2, -0.15) is 0 Å². The number of carbonyl (C=O) groups excluding carboxylic acids is 2. The van der Waals surface area contributed by atoms with Crippen LogP contribution in [-0.2, 0) is 22.6 Å². The highest BCUT2D eigenvalue weighted by atomic mass is 35.5. The molecule has 2 rings (SSSR count). The van der Waals surface area contributed by atoms with Crippen molar-refractivity contribution in [2.24, 2.45) is 0 Å². The Balaban J connectivity index is 2.20. The lowest BCUT2D eigenvalue weighted by Crippen LogP contribution is -2.49. The second-order valence-corrected chi connectivity index (χ2v) is 7.24. The molecule has 0 radical (unpaired) electrons. The van der Waals surface area contributed by atoms with E-state index in [1.54, 1.807) is 24.0 Å². The Labute approximate surface area is 166 Å². The zero-order valence-corrected chi connectivity index (χ0v) is 16.9. The minimum absolute atomic E-state index is 0.0709. The van der Waals surface area contributed by atoms with Gasteiger partial charge in [0.05, 0.1) is 6.42 Å². The van der Waals surface area contributed by atoms with Crippen LogP contribution in [0, 0.1) is 0 Å². The van der Waals surface area contributed by atoms with E-state index < -0.39 is 6.04 Å². The van der Waals surface area contributed by atoms with E-state index in [0.29, 0.717) is 11.6 Å². The van der Waals surface area contributed by atoms with Gasteiger partial charge in [0.2, 0.25) is 11.8 Å². The molecule has 0 saturated heterocycles. The molecule has 0 aromatic heterocycles. The quantitative estimate of drug-likeness (QED) is 0.738. The lowest BCUT2D eigenvalue weighted by Gasteiger charge is -2.29. The zero-order chi connectivity index (χ0) is 19.8. The van der Waals surface area contributed by atoms with Gasteiger partial charge in [0.25, 0.3) is 0 Å². The summed E-state index contributed by atoms with van der Waals surface area (Å²) in [5.41, 5.74) is 1.82. The molecule has 27 heavy (non-hydrogen) atoms. The molecule has 0 saturated carbocycles. The van der Waals surface area contributed by atoms with Gasteiger partial charge in [-0.05, 0) is 43.5 Å². The number of nitrogens with zero attached hydrogens (tertiary/aromatic N) is 1. The summed E-state index contributed by atoms with van der Waals surface area (Å²) < 4.78 is 0. The third-order valence-corrected chi connectivity index (χ3v) is 4.84. The lowest BCUT2D eigenvalue weighted by molar-refractivity contribution is -0.140. The van der Waals surface area contributed by atoms with Crippen molar-refractivity contribution in [2.75, 3.05) is 0 Å². The van der Waals surface area contributed by atoms with Crippen molar-refractivity contribution in [3.63, 3.8) is 0 Å². The first kappa shape index (κ1) is 21.0. The van der Waals surface area contributed by atoms with Crippen LogP contribution in [-0.4, -0.2) is 28.8 Å². The third-order valence-electron chi connectivity index (χ3n) is 4.61.